The molecule has 5 nitrogen and oxygen atoms in total. The fraction of sp³-hybridized carbons (Fsp3) is 0.258. The standard InChI is InChI=1S/C31H29N3O2S/c1-4-10-28-23(7-1)17-25(35-28)20-33(21-26-18-24-8-2-5-11-29(24)36-26)19-22-13-15-34(16-14-22)31-32-27-9-3-6-12-30(27)37-31/h1-12,17-18,22H,13-16,19-21H2. The van der Waals surface area contributed by atoms with E-state index in [1.165, 1.54) is 4.70 Å². The van der Waals surface area contributed by atoms with E-state index < -0.39 is 0 Å². The van der Waals surface area contributed by atoms with E-state index in [1.807, 2.05) is 24.3 Å². The van der Waals surface area contributed by atoms with Gasteiger partial charge in [0.1, 0.15) is 22.7 Å². The van der Waals surface area contributed by atoms with Crippen molar-refractivity contribution >= 4 is 48.6 Å². The number of hydrogen-bond acceptors (Lipinski definition) is 6. The zero-order valence-electron chi connectivity index (χ0n) is 20.7. The van der Waals surface area contributed by atoms with Crippen molar-refractivity contribution < 1.29 is 8.83 Å². The predicted molar refractivity (Wildman–Crippen MR) is 151 cm³/mol. The van der Waals surface area contributed by atoms with Gasteiger partial charge in [-0.3, -0.25) is 4.90 Å². The van der Waals surface area contributed by atoms with Crippen molar-refractivity contribution in [3.05, 3.63) is 96.4 Å². The highest BCUT2D eigenvalue weighted by atomic mass is 32.1. The summed E-state index contributed by atoms with van der Waals surface area (Å²) in [6.07, 6.45) is 2.32. The number of nitrogens with zero attached hydrogens (tertiary/aromatic N) is 3. The highest BCUT2D eigenvalue weighted by Crippen LogP contribution is 2.32. The average Bonchev–Trinajstić information content (AvgIpc) is 3.64. The molecule has 3 aromatic carbocycles. The first-order chi connectivity index (χ1) is 18.3. The van der Waals surface area contributed by atoms with Gasteiger partial charge in [-0.25, -0.2) is 4.98 Å². The van der Waals surface area contributed by atoms with Crippen molar-refractivity contribution in [2.45, 2.75) is 25.9 Å². The molecule has 4 heterocycles. The summed E-state index contributed by atoms with van der Waals surface area (Å²) in [5, 5.41) is 3.47. The molecule has 7 rings (SSSR count). The first-order valence-corrected chi connectivity index (χ1v) is 13.9. The number of benzene rings is 3. The number of aromatic nitrogens is 1. The van der Waals surface area contributed by atoms with Crippen LogP contribution in [-0.2, 0) is 13.1 Å². The highest BCUT2D eigenvalue weighted by molar-refractivity contribution is 7.22. The predicted octanol–water partition coefficient (Wildman–Crippen LogP) is 7.71. The van der Waals surface area contributed by atoms with E-state index in [0.717, 1.165) is 89.7 Å². The van der Waals surface area contributed by atoms with Gasteiger partial charge in [-0.2, -0.15) is 0 Å². The van der Waals surface area contributed by atoms with Gasteiger partial charge in [0.25, 0.3) is 0 Å². The fourth-order valence-electron chi connectivity index (χ4n) is 5.52. The van der Waals surface area contributed by atoms with Gasteiger partial charge in [0.15, 0.2) is 5.13 Å². The number of furan rings is 2. The molecule has 0 N–H and O–H groups in total. The molecule has 0 spiro atoms. The molecule has 3 aromatic heterocycles. The Kier molecular flexibility index (Phi) is 5.91. The number of hydrogen-bond donors (Lipinski definition) is 0. The van der Waals surface area contributed by atoms with Gasteiger partial charge in [0.05, 0.1) is 23.3 Å². The first kappa shape index (κ1) is 22.6. The smallest absolute Gasteiger partial charge is 0.186 e. The molecule has 186 valence electrons. The van der Waals surface area contributed by atoms with Gasteiger partial charge < -0.3 is 13.7 Å². The van der Waals surface area contributed by atoms with Crippen LogP contribution in [0.2, 0.25) is 0 Å². The van der Waals surface area contributed by atoms with Crippen LogP contribution in [0.5, 0.6) is 0 Å². The second kappa shape index (κ2) is 9.69. The lowest BCUT2D eigenvalue weighted by molar-refractivity contribution is 0.174. The number of thiazole rings is 1. The first-order valence-electron chi connectivity index (χ1n) is 13.0. The lowest BCUT2D eigenvalue weighted by Gasteiger charge is -2.34. The maximum absolute atomic E-state index is 6.20. The molecule has 0 unspecified atom stereocenters. The Balaban J connectivity index is 1.07. The van der Waals surface area contributed by atoms with E-state index in [-0.39, 0.29) is 0 Å². The Labute approximate surface area is 219 Å². The second-order valence-corrected chi connectivity index (χ2v) is 11.1. The summed E-state index contributed by atoms with van der Waals surface area (Å²) in [6, 6.07) is 29.3. The lowest BCUT2D eigenvalue weighted by Crippen LogP contribution is -2.38. The number of rotatable bonds is 7. The van der Waals surface area contributed by atoms with Gasteiger partial charge in [0, 0.05) is 30.4 Å². The van der Waals surface area contributed by atoms with Crippen LogP contribution in [0.4, 0.5) is 5.13 Å². The highest BCUT2D eigenvalue weighted by Gasteiger charge is 2.25. The molecule has 0 radical (unpaired) electrons. The normalized spacial score (nSPS) is 15.0. The van der Waals surface area contributed by atoms with E-state index in [1.54, 1.807) is 11.3 Å². The SMILES string of the molecule is c1ccc2oc(CN(Cc3cc4ccccc4o3)CC3CCN(c4nc5ccccc5s4)CC3)cc2c1. The number of anilines is 1. The quantitative estimate of drug-likeness (QED) is 0.221. The van der Waals surface area contributed by atoms with Crippen LogP contribution in [0.3, 0.4) is 0 Å². The monoisotopic (exact) mass is 507 g/mol. The van der Waals surface area contributed by atoms with Crippen LogP contribution in [0.15, 0.2) is 93.8 Å². The van der Waals surface area contributed by atoms with E-state index in [2.05, 4.69) is 70.5 Å². The molecule has 37 heavy (non-hydrogen) atoms. The van der Waals surface area contributed by atoms with Crippen LogP contribution < -0.4 is 4.90 Å². The summed E-state index contributed by atoms with van der Waals surface area (Å²) in [4.78, 5) is 9.84. The van der Waals surface area contributed by atoms with Crippen molar-refractivity contribution in [3.63, 3.8) is 0 Å². The minimum absolute atomic E-state index is 0.624. The van der Waals surface area contributed by atoms with Gasteiger partial charge >= 0.3 is 0 Å². The number of piperidine rings is 1. The molecule has 0 atom stereocenters. The Hall–Kier alpha value is -3.61. The fourth-order valence-corrected chi connectivity index (χ4v) is 6.54. The lowest BCUT2D eigenvalue weighted by atomic mass is 9.96. The summed E-state index contributed by atoms with van der Waals surface area (Å²) < 4.78 is 13.7. The van der Waals surface area contributed by atoms with Crippen LogP contribution >= 0.6 is 11.3 Å². The topological polar surface area (TPSA) is 45.7 Å². The number of fused-ring (bicyclic) bond motifs is 3. The van der Waals surface area contributed by atoms with Crippen LogP contribution in [0.25, 0.3) is 32.2 Å². The van der Waals surface area contributed by atoms with E-state index in [4.69, 9.17) is 13.8 Å². The molecule has 1 aliphatic rings. The molecule has 0 aliphatic carbocycles. The largest absolute Gasteiger partial charge is 0.460 e. The zero-order valence-corrected chi connectivity index (χ0v) is 21.5. The molecule has 1 saturated heterocycles. The Bertz CT molecular complexity index is 1480. The molecule has 1 aliphatic heterocycles. The summed E-state index contributed by atoms with van der Waals surface area (Å²) in [7, 11) is 0. The zero-order chi connectivity index (χ0) is 24.6. The average molecular weight is 508 g/mol. The van der Waals surface area contributed by atoms with Gasteiger partial charge in [-0.15, -0.1) is 0 Å². The van der Waals surface area contributed by atoms with Crippen molar-refractivity contribution in [1.82, 2.24) is 9.88 Å². The maximum Gasteiger partial charge on any atom is 0.186 e. The van der Waals surface area contributed by atoms with Crippen molar-refractivity contribution in [1.29, 1.82) is 0 Å². The van der Waals surface area contributed by atoms with Gasteiger partial charge in [-0.1, -0.05) is 59.9 Å². The minimum atomic E-state index is 0.624. The van der Waals surface area contributed by atoms with E-state index in [9.17, 15) is 0 Å². The Morgan fingerprint density at radius 1 is 0.784 bits per heavy atom. The molecule has 1 fully saturated rings. The van der Waals surface area contributed by atoms with Crippen molar-refractivity contribution in [2.24, 2.45) is 5.92 Å². The third kappa shape index (κ3) is 4.75. The third-order valence-corrected chi connectivity index (χ3v) is 8.49. The van der Waals surface area contributed by atoms with Crippen LogP contribution in [0, 0.1) is 5.92 Å². The van der Waals surface area contributed by atoms with Gasteiger partial charge in [-0.05, 0) is 55.2 Å². The minimum Gasteiger partial charge on any atom is -0.460 e. The molecular formula is C31H29N3O2S. The Morgan fingerprint density at radius 2 is 1.38 bits per heavy atom. The summed E-state index contributed by atoms with van der Waals surface area (Å²) in [5.74, 6) is 2.63. The molecule has 0 amide bonds. The van der Waals surface area contributed by atoms with Crippen LogP contribution in [0.1, 0.15) is 24.4 Å². The third-order valence-electron chi connectivity index (χ3n) is 7.40. The molecule has 0 bridgehead atoms. The number of para-hydroxylation sites is 3. The summed E-state index contributed by atoms with van der Waals surface area (Å²) in [5.41, 5.74) is 3.00. The molecule has 6 aromatic rings. The molecular weight excluding hydrogens is 478 g/mol. The summed E-state index contributed by atoms with van der Waals surface area (Å²) in [6.45, 7) is 4.65. The summed E-state index contributed by atoms with van der Waals surface area (Å²) >= 11 is 1.81. The van der Waals surface area contributed by atoms with Gasteiger partial charge in [0.2, 0.25) is 0 Å². The molecule has 6 heteroatoms. The Morgan fingerprint density at radius 3 is 2.00 bits per heavy atom. The molecule has 0 saturated carbocycles. The maximum atomic E-state index is 6.20. The van der Waals surface area contributed by atoms with Crippen LogP contribution in [-0.4, -0.2) is 29.5 Å². The van der Waals surface area contributed by atoms with Crippen molar-refractivity contribution in [3.8, 4) is 0 Å². The van der Waals surface area contributed by atoms with Crippen molar-refractivity contribution in [2.75, 3.05) is 24.5 Å². The van der Waals surface area contributed by atoms with E-state index in [0.29, 0.717) is 5.92 Å². The second-order valence-electron chi connectivity index (χ2n) is 10.1. The van der Waals surface area contributed by atoms with E-state index >= 15 is 0 Å².